The molecule has 3 amide bonds. The highest BCUT2D eigenvalue weighted by Gasteiger charge is 2.48. The molecule has 2 heterocycles. The summed E-state index contributed by atoms with van der Waals surface area (Å²) in [5.74, 6) is -1.76. The van der Waals surface area contributed by atoms with Crippen molar-refractivity contribution in [2.45, 2.75) is 40.0 Å². The van der Waals surface area contributed by atoms with E-state index in [2.05, 4.69) is 0 Å². The summed E-state index contributed by atoms with van der Waals surface area (Å²) in [5.41, 5.74) is 4.11. The van der Waals surface area contributed by atoms with Gasteiger partial charge in [0.05, 0.1) is 23.4 Å². The minimum absolute atomic E-state index is 0.0941. The summed E-state index contributed by atoms with van der Waals surface area (Å²) in [6.45, 7) is 6.02. The van der Waals surface area contributed by atoms with Gasteiger partial charge < -0.3 is 9.64 Å². The second-order valence-electron chi connectivity index (χ2n) is 9.66. The number of hydrogen-bond donors (Lipinski definition) is 0. The normalized spacial score (nSPS) is 23.7. The fraction of sp³-hybridized carbons (Fsp3) is 0.357. The first-order valence-electron chi connectivity index (χ1n) is 12.0. The lowest BCUT2D eigenvalue weighted by Gasteiger charge is -2.20. The fourth-order valence-electron chi connectivity index (χ4n) is 5.31. The van der Waals surface area contributed by atoms with Gasteiger partial charge in [-0.15, -0.1) is 0 Å². The van der Waals surface area contributed by atoms with Crippen LogP contribution < -0.4 is 14.5 Å². The molecule has 2 aromatic carbocycles. The minimum Gasteiger partial charge on any atom is -0.426 e. The average molecular weight is 473 g/mol. The van der Waals surface area contributed by atoms with Crippen molar-refractivity contribution < 1.29 is 23.9 Å². The van der Waals surface area contributed by atoms with Crippen molar-refractivity contribution in [3.63, 3.8) is 0 Å². The summed E-state index contributed by atoms with van der Waals surface area (Å²) in [4.78, 5) is 54.3. The van der Waals surface area contributed by atoms with Gasteiger partial charge in [0.2, 0.25) is 17.7 Å². The van der Waals surface area contributed by atoms with Crippen LogP contribution in [-0.4, -0.2) is 30.2 Å². The zero-order chi connectivity index (χ0) is 24.9. The van der Waals surface area contributed by atoms with Crippen LogP contribution in [0, 0.1) is 38.5 Å². The van der Waals surface area contributed by atoms with Crippen LogP contribution in [0.2, 0.25) is 0 Å². The minimum atomic E-state index is -0.570. The molecule has 2 aromatic rings. The molecule has 2 saturated heterocycles. The zero-order valence-corrected chi connectivity index (χ0v) is 20.1. The van der Waals surface area contributed by atoms with Crippen molar-refractivity contribution in [1.29, 1.82) is 0 Å². The Labute approximate surface area is 204 Å². The van der Waals surface area contributed by atoms with Crippen LogP contribution in [0.1, 0.15) is 36.0 Å². The molecule has 0 spiro atoms. The molecule has 3 aliphatic rings. The standard InChI is InChI=1S/C28H28N2O5/c1-16-7-6-10-24(18(16)3)29-15-19(14-25(29)31)28(34)35-20-11-12-23(17(2)13-20)30-26(32)21-8-4-5-9-22(21)27(30)33/h4-7,10-13,19,21-22H,8-9,14-15H2,1-3H3/t19-,21+,22+/m1/s1. The summed E-state index contributed by atoms with van der Waals surface area (Å²) >= 11 is 0. The lowest BCUT2D eigenvalue weighted by atomic mass is 9.85. The van der Waals surface area contributed by atoms with E-state index in [-0.39, 0.29) is 42.5 Å². The van der Waals surface area contributed by atoms with Gasteiger partial charge in [0, 0.05) is 18.7 Å². The molecule has 0 saturated carbocycles. The Bertz CT molecular complexity index is 1250. The number of rotatable bonds is 4. The SMILES string of the molecule is Cc1cc(OC(=O)[C@@H]2CC(=O)N(c3cccc(C)c3C)C2)ccc1N1C(=O)[C@H]2CC=CC[C@@H]2C1=O. The number of carbonyl (C=O) groups excluding carboxylic acids is 4. The highest BCUT2D eigenvalue weighted by Crippen LogP contribution is 2.39. The van der Waals surface area contributed by atoms with Gasteiger partial charge >= 0.3 is 5.97 Å². The molecular formula is C28H28N2O5. The van der Waals surface area contributed by atoms with Gasteiger partial charge in [-0.3, -0.25) is 19.2 Å². The van der Waals surface area contributed by atoms with Gasteiger partial charge in [-0.05, 0) is 74.6 Å². The molecule has 1 aliphatic carbocycles. The third kappa shape index (κ3) is 3.95. The van der Waals surface area contributed by atoms with Crippen molar-refractivity contribution in [3.05, 3.63) is 65.2 Å². The van der Waals surface area contributed by atoms with Crippen LogP contribution in [0.25, 0.3) is 0 Å². The maximum Gasteiger partial charge on any atom is 0.316 e. The first-order valence-corrected chi connectivity index (χ1v) is 12.0. The van der Waals surface area contributed by atoms with E-state index in [1.165, 1.54) is 4.90 Å². The van der Waals surface area contributed by atoms with Crippen molar-refractivity contribution in [2.24, 2.45) is 17.8 Å². The lowest BCUT2D eigenvalue weighted by molar-refractivity contribution is -0.139. The molecular weight excluding hydrogens is 444 g/mol. The van der Waals surface area contributed by atoms with E-state index in [1.54, 1.807) is 30.0 Å². The molecule has 0 radical (unpaired) electrons. The number of esters is 1. The number of fused-ring (bicyclic) bond motifs is 1. The molecule has 3 atom stereocenters. The van der Waals surface area contributed by atoms with Crippen molar-refractivity contribution >= 4 is 35.1 Å². The maximum atomic E-state index is 12.9. The van der Waals surface area contributed by atoms with Gasteiger partial charge in [0.1, 0.15) is 5.75 Å². The Morgan fingerprint density at radius 1 is 0.886 bits per heavy atom. The second kappa shape index (κ2) is 8.80. The summed E-state index contributed by atoms with van der Waals surface area (Å²) < 4.78 is 5.62. The zero-order valence-electron chi connectivity index (χ0n) is 20.1. The summed E-state index contributed by atoms with van der Waals surface area (Å²) in [7, 11) is 0. The quantitative estimate of drug-likeness (QED) is 0.290. The highest BCUT2D eigenvalue weighted by atomic mass is 16.5. The lowest BCUT2D eigenvalue weighted by Crippen LogP contribution is -2.31. The van der Waals surface area contributed by atoms with Gasteiger partial charge in [0.15, 0.2) is 0 Å². The van der Waals surface area contributed by atoms with Crippen LogP contribution in [0.5, 0.6) is 5.75 Å². The Morgan fingerprint density at radius 3 is 2.23 bits per heavy atom. The fourth-order valence-corrected chi connectivity index (χ4v) is 5.31. The van der Waals surface area contributed by atoms with Crippen LogP contribution in [0.3, 0.4) is 0 Å². The monoisotopic (exact) mass is 472 g/mol. The second-order valence-corrected chi connectivity index (χ2v) is 9.66. The first-order chi connectivity index (χ1) is 16.8. The predicted octanol–water partition coefficient (Wildman–Crippen LogP) is 4.03. The predicted molar refractivity (Wildman–Crippen MR) is 131 cm³/mol. The van der Waals surface area contributed by atoms with Crippen LogP contribution >= 0.6 is 0 Å². The Morgan fingerprint density at radius 2 is 1.57 bits per heavy atom. The van der Waals surface area contributed by atoms with Crippen LogP contribution in [0.4, 0.5) is 11.4 Å². The molecule has 2 fully saturated rings. The number of carbonyl (C=O) groups is 4. The topological polar surface area (TPSA) is 84.0 Å². The number of allylic oxidation sites excluding steroid dienone is 2. The van der Waals surface area contributed by atoms with Gasteiger partial charge in [-0.1, -0.05) is 24.3 Å². The summed E-state index contributed by atoms with van der Waals surface area (Å²) in [6, 6.07) is 10.7. The molecule has 5 rings (SSSR count). The Hall–Kier alpha value is -3.74. The Kier molecular flexibility index (Phi) is 5.79. The number of nitrogens with zero attached hydrogens (tertiary/aromatic N) is 2. The number of anilines is 2. The van der Waals surface area contributed by atoms with E-state index in [0.29, 0.717) is 29.8 Å². The van der Waals surface area contributed by atoms with E-state index in [4.69, 9.17) is 4.74 Å². The van der Waals surface area contributed by atoms with Gasteiger partial charge in [-0.2, -0.15) is 0 Å². The van der Waals surface area contributed by atoms with Gasteiger partial charge in [0.25, 0.3) is 0 Å². The molecule has 7 heteroatoms. The number of benzene rings is 2. The third-order valence-corrected chi connectivity index (χ3v) is 7.46. The Balaban J connectivity index is 1.29. The maximum absolute atomic E-state index is 12.9. The number of imide groups is 1. The van der Waals surface area contributed by atoms with E-state index >= 15 is 0 Å². The number of aryl methyl sites for hydroxylation is 2. The van der Waals surface area contributed by atoms with Crippen LogP contribution in [-0.2, 0) is 19.2 Å². The molecule has 180 valence electrons. The van der Waals surface area contributed by atoms with E-state index in [0.717, 1.165) is 16.8 Å². The van der Waals surface area contributed by atoms with E-state index < -0.39 is 11.9 Å². The summed E-state index contributed by atoms with van der Waals surface area (Å²) in [6.07, 6.45) is 5.18. The largest absolute Gasteiger partial charge is 0.426 e. The number of hydrogen-bond acceptors (Lipinski definition) is 5. The average Bonchev–Trinajstić information content (AvgIpc) is 3.34. The van der Waals surface area contributed by atoms with Gasteiger partial charge in [-0.25, -0.2) is 4.90 Å². The molecule has 0 aromatic heterocycles. The molecule has 0 bridgehead atoms. The smallest absolute Gasteiger partial charge is 0.316 e. The molecule has 0 N–H and O–H groups in total. The van der Waals surface area contributed by atoms with E-state index in [9.17, 15) is 19.2 Å². The van der Waals surface area contributed by atoms with Crippen molar-refractivity contribution in [3.8, 4) is 5.75 Å². The third-order valence-electron chi connectivity index (χ3n) is 7.46. The molecule has 7 nitrogen and oxygen atoms in total. The molecule has 0 unspecified atom stereocenters. The number of ether oxygens (including phenoxy) is 1. The van der Waals surface area contributed by atoms with Crippen LogP contribution in [0.15, 0.2) is 48.6 Å². The number of amides is 3. The summed E-state index contributed by atoms with van der Waals surface area (Å²) in [5, 5.41) is 0. The van der Waals surface area contributed by atoms with E-state index in [1.807, 2.05) is 44.2 Å². The molecule has 2 aliphatic heterocycles. The first kappa shape index (κ1) is 23.0. The molecule has 35 heavy (non-hydrogen) atoms. The van der Waals surface area contributed by atoms with Crippen molar-refractivity contribution in [1.82, 2.24) is 0 Å². The highest BCUT2D eigenvalue weighted by molar-refractivity contribution is 6.22. The van der Waals surface area contributed by atoms with Crippen molar-refractivity contribution in [2.75, 3.05) is 16.3 Å².